The summed E-state index contributed by atoms with van der Waals surface area (Å²) >= 11 is 1.38. The van der Waals surface area contributed by atoms with Gasteiger partial charge >= 0.3 is 5.97 Å². The van der Waals surface area contributed by atoms with Crippen molar-refractivity contribution in [2.75, 3.05) is 19.5 Å². The van der Waals surface area contributed by atoms with E-state index in [-0.39, 0.29) is 24.7 Å². The largest absolute Gasteiger partial charge is 0.475 e. The van der Waals surface area contributed by atoms with Gasteiger partial charge in [0.25, 0.3) is 5.78 Å². The third kappa shape index (κ3) is 7.67. The molecular formula is C28H33N3O7S. The normalized spacial score (nSPS) is 18.3. The van der Waals surface area contributed by atoms with Gasteiger partial charge < -0.3 is 25.4 Å². The molecule has 1 unspecified atom stereocenters. The Balaban J connectivity index is 1.92. The highest BCUT2D eigenvalue weighted by atomic mass is 32.2. The molecule has 11 heteroatoms. The van der Waals surface area contributed by atoms with Crippen molar-refractivity contribution >= 4 is 41.2 Å². The van der Waals surface area contributed by atoms with Gasteiger partial charge in [-0.3, -0.25) is 19.2 Å². The molecule has 208 valence electrons. The second-order valence-corrected chi connectivity index (χ2v) is 10.6. The first-order chi connectivity index (χ1) is 18.6. The number of ketones is 1. The van der Waals surface area contributed by atoms with Gasteiger partial charge in [-0.25, -0.2) is 4.79 Å². The number of aliphatic carboxylic acids is 1. The Morgan fingerprint density at radius 2 is 1.62 bits per heavy atom. The zero-order chi connectivity index (χ0) is 28.5. The number of hydrogen-bond donors (Lipinski definition) is 3. The van der Waals surface area contributed by atoms with Crippen LogP contribution >= 0.6 is 11.8 Å². The van der Waals surface area contributed by atoms with E-state index in [4.69, 9.17) is 4.74 Å². The molecule has 2 aromatic rings. The van der Waals surface area contributed by atoms with Gasteiger partial charge in [0.2, 0.25) is 17.7 Å². The number of thioether (sulfide) groups is 1. The lowest BCUT2D eigenvalue weighted by Gasteiger charge is -2.34. The number of nitrogens with zero attached hydrogens (tertiary/aromatic N) is 1. The van der Waals surface area contributed by atoms with Gasteiger partial charge in [0.15, 0.2) is 0 Å². The molecule has 2 aromatic carbocycles. The smallest absolute Gasteiger partial charge is 0.374 e. The lowest BCUT2D eigenvalue weighted by Crippen LogP contribution is -2.58. The monoisotopic (exact) mass is 555 g/mol. The third-order valence-corrected chi connectivity index (χ3v) is 7.62. The summed E-state index contributed by atoms with van der Waals surface area (Å²) < 4.78 is 4.89. The highest BCUT2D eigenvalue weighted by molar-refractivity contribution is 7.99. The van der Waals surface area contributed by atoms with Crippen LogP contribution in [-0.4, -0.2) is 77.1 Å². The Morgan fingerprint density at radius 1 is 1.00 bits per heavy atom. The number of carbonyl (C=O) groups excluding carboxylic acids is 4. The van der Waals surface area contributed by atoms with E-state index in [1.807, 2.05) is 30.3 Å². The summed E-state index contributed by atoms with van der Waals surface area (Å²) in [5.74, 6) is -4.47. The predicted molar refractivity (Wildman–Crippen MR) is 146 cm³/mol. The van der Waals surface area contributed by atoms with Crippen molar-refractivity contribution in [3.05, 3.63) is 71.8 Å². The molecule has 1 aliphatic rings. The molecule has 0 radical (unpaired) electrons. The van der Waals surface area contributed by atoms with Crippen LogP contribution in [0.15, 0.2) is 60.7 Å². The third-order valence-electron chi connectivity index (χ3n) is 6.29. The lowest BCUT2D eigenvalue weighted by atomic mass is 10.00. The van der Waals surface area contributed by atoms with Gasteiger partial charge in [-0.05, 0) is 17.0 Å². The maximum atomic E-state index is 14.0. The van der Waals surface area contributed by atoms with Gasteiger partial charge in [0.05, 0.1) is 0 Å². The summed E-state index contributed by atoms with van der Waals surface area (Å²) in [4.78, 5) is 65.4. The molecule has 0 bridgehead atoms. The Hall–Kier alpha value is -3.70. The van der Waals surface area contributed by atoms with Crippen molar-refractivity contribution in [3.63, 3.8) is 0 Å². The molecule has 0 aromatic heterocycles. The number of carbonyl (C=O) groups is 5. The molecular weight excluding hydrogens is 522 g/mol. The number of Topliss-reactive ketones (excluding diaryl/α,β-unsaturated/α-hetero) is 1. The summed E-state index contributed by atoms with van der Waals surface area (Å²) in [7, 11) is 1.37. The fourth-order valence-corrected chi connectivity index (χ4v) is 5.79. The Labute approximate surface area is 231 Å². The van der Waals surface area contributed by atoms with E-state index < -0.39 is 53.0 Å². The number of nitrogens with one attached hydrogen (secondary N) is 2. The number of rotatable bonds is 12. The molecule has 1 aliphatic heterocycles. The van der Waals surface area contributed by atoms with E-state index in [1.54, 1.807) is 44.2 Å². The second-order valence-electron chi connectivity index (χ2n) is 9.50. The number of amides is 3. The van der Waals surface area contributed by atoms with Gasteiger partial charge in [-0.1, -0.05) is 74.5 Å². The van der Waals surface area contributed by atoms with E-state index in [0.29, 0.717) is 5.56 Å². The lowest BCUT2D eigenvalue weighted by molar-refractivity contribution is -0.151. The summed E-state index contributed by atoms with van der Waals surface area (Å²) in [6, 6.07) is 14.7. The number of carboxylic acids is 1. The van der Waals surface area contributed by atoms with Gasteiger partial charge in [-0.15, -0.1) is 11.8 Å². The van der Waals surface area contributed by atoms with E-state index in [2.05, 4.69) is 10.6 Å². The molecule has 1 heterocycles. The fraction of sp³-hybridized carbons (Fsp3) is 0.393. The standard InChI is InChI=1S/C28H33N3O7S/c1-17(2)23(30-22(32)15-38-3)26(35)31-21(16-39-27(31)19-12-8-5-9-13-19)25(34)29-20(24(33)28(36)37)14-18-10-6-4-7-11-18/h4-13,17,20-21,23,27H,14-16H2,1-3H3,(H,29,34)(H,30,32)(H,36,37)/t20-,21-,23-,27?/m0/s1. The minimum absolute atomic E-state index is 0.0185. The van der Waals surface area contributed by atoms with Crippen LogP contribution < -0.4 is 10.6 Å². The van der Waals surface area contributed by atoms with Crippen LogP contribution in [0.25, 0.3) is 0 Å². The van der Waals surface area contributed by atoms with Crippen LogP contribution in [0, 0.1) is 5.92 Å². The average Bonchev–Trinajstić information content (AvgIpc) is 3.37. The quantitative estimate of drug-likeness (QED) is 0.337. The van der Waals surface area contributed by atoms with Crippen molar-refractivity contribution in [1.82, 2.24) is 15.5 Å². The van der Waals surface area contributed by atoms with Crippen molar-refractivity contribution in [3.8, 4) is 0 Å². The average molecular weight is 556 g/mol. The SMILES string of the molecule is COCC(=O)N[C@H](C(=O)N1C(c2ccccc2)SC[C@H]1C(=O)N[C@@H](Cc1ccccc1)C(=O)C(=O)O)C(C)C. The zero-order valence-electron chi connectivity index (χ0n) is 22.0. The molecule has 3 rings (SSSR count). The first-order valence-corrected chi connectivity index (χ1v) is 13.6. The maximum Gasteiger partial charge on any atom is 0.374 e. The van der Waals surface area contributed by atoms with Crippen LogP contribution in [0.2, 0.25) is 0 Å². The van der Waals surface area contributed by atoms with Gasteiger partial charge in [-0.2, -0.15) is 0 Å². The fourth-order valence-electron chi connectivity index (χ4n) is 4.35. The predicted octanol–water partition coefficient (Wildman–Crippen LogP) is 1.80. The number of benzene rings is 2. The highest BCUT2D eigenvalue weighted by Gasteiger charge is 2.46. The van der Waals surface area contributed by atoms with Gasteiger partial charge in [0.1, 0.15) is 30.1 Å². The summed E-state index contributed by atoms with van der Waals surface area (Å²) in [6.07, 6.45) is -0.0185. The van der Waals surface area contributed by atoms with E-state index in [1.165, 1.54) is 23.8 Å². The second kappa shape index (κ2) is 13.9. The molecule has 10 nitrogen and oxygen atoms in total. The van der Waals surface area contributed by atoms with Crippen molar-refractivity contribution in [2.24, 2.45) is 5.92 Å². The Kier molecular flexibility index (Phi) is 10.6. The Morgan fingerprint density at radius 3 is 2.18 bits per heavy atom. The number of methoxy groups -OCH3 is 1. The summed E-state index contributed by atoms with van der Waals surface area (Å²) in [6.45, 7) is 3.34. The number of hydrogen-bond acceptors (Lipinski definition) is 7. The molecule has 39 heavy (non-hydrogen) atoms. The van der Waals surface area contributed by atoms with Crippen molar-refractivity contribution < 1.29 is 33.8 Å². The van der Waals surface area contributed by atoms with Crippen LogP contribution in [0.4, 0.5) is 0 Å². The first-order valence-electron chi connectivity index (χ1n) is 12.5. The topological polar surface area (TPSA) is 142 Å². The van der Waals surface area contributed by atoms with Crippen LogP contribution in [0.3, 0.4) is 0 Å². The van der Waals surface area contributed by atoms with Crippen LogP contribution in [0.1, 0.15) is 30.3 Å². The zero-order valence-corrected chi connectivity index (χ0v) is 22.9. The molecule has 0 spiro atoms. The maximum absolute atomic E-state index is 14.0. The molecule has 4 atom stereocenters. The number of ether oxygens (including phenoxy) is 1. The molecule has 1 saturated heterocycles. The first kappa shape index (κ1) is 29.9. The summed E-state index contributed by atoms with van der Waals surface area (Å²) in [5.41, 5.74) is 1.47. The van der Waals surface area contributed by atoms with E-state index in [9.17, 15) is 29.1 Å². The molecule has 0 saturated carbocycles. The van der Waals surface area contributed by atoms with E-state index in [0.717, 1.165) is 5.56 Å². The minimum atomic E-state index is -1.66. The Bertz CT molecular complexity index is 1180. The minimum Gasteiger partial charge on any atom is -0.475 e. The van der Waals surface area contributed by atoms with Crippen molar-refractivity contribution in [1.29, 1.82) is 0 Å². The van der Waals surface area contributed by atoms with Crippen molar-refractivity contribution in [2.45, 2.75) is 43.8 Å². The molecule has 3 N–H and O–H groups in total. The molecule has 1 fully saturated rings. The molecule has 0 aliphatic carbocycles. The van der Waals surface area contributed by atoms with Crippen LogP contribution in [0.5, 0.6) is 0 Å². The van der Waals surface area contributed by atoms with E-state index >= 15 is 0 Å². The van der Waals surface area contributed by atoms with Gasteiger partial charge in [0, 0.05) is 19.3 Å². The number of carboxylic acid groups (broad SMARTS) is 1. The molecule has 3 amide bonds. The highest BCUT2D eigenvalue weighted by Crippen LogP contribution is 2.42. The summed E-state index contributed by atoms with van der Waals surface area (Å²) in [5, 5.41) is 14.1. The van der Waals surface area contributed by atoms with Crippen LogP contribution in [-0.2, 0) is 35.1 Å².